The van der Waals surface area contributed by atoms with Crippen LogP contribution in [0.1, 0.15) is 36.2 Å². The summed E-state index contributed by atoms with van der Waals surface area (Å²) in [6.07, 6.45) is 2.45. The summed E-state index contributed by atoms with van der Waals surface area (Å²) in [5.74, 6) is -0.762. The highest BCUT2D eigenvalue weighted by Crippen LogP contribution is 2.27. The van der Waals surface area contributed by atoms with Crippen LogP contribution in [0, 0.1) is 11.7 Å². The number of carboxylic acid groups (broad SMARTS) is 1. The Balaban J connectivity index is 1.69. The number of hydrogen-bond acceptors (Lipinski definition) is 3. The number of halogens is 1. The van der Waals surface area contributed by atoms with Gasteiger partial charge in [0.1, 0.15) is 11.6 Å². The van der Waals surface area contributed by atoms with Crippen molar-refractivity contribution in [2.75, 3.05) is 13.1 Å². The molecule has 1 N–H and O–H groups in total. The zero-order valence-electron chi connectivity index (χ0n) is 13.8. The van der Waals surface area contributed by atoms with Gasteiger partial charge in [0.25, 0.3) is 5.91 Å². The highest BCUT2D eigenvalue weighted by atomic mass is 19.1. The standard InChI is InChI=1S/C19H20FNO4/c20-15-6-2-1-5-14(15)16-8-9-17(25-16)19(24)21-11-3-4-13(12-21)7-10-18(22)23/h1-2,5-6,8-9,13H,3-4,7,10-12H2,(H,22,23). The van der Waals surface area contributed by atoms with E-state index in [0.717, 1.165) is 12.8 Å². The molecule has 6 heteroatoms. The summed E-state index contributed by atoms with van der Waals surface area (Å²) in [7, 11) is 0. The molecule has 1 aliphatic rings. The summed E-state index contributed by atoms with van der Waals surface area (Å²) in [6, 6.07) is 9.41. The third kappa shape index (κ3) is 4.07. The largest absolute Gasteiger partial charge is 0.481 e. The Hall–Kier alpha value is -2.63. The van der Waals surface area contributed by atoms with E-state index in [0.29, 0.717) is 30.8 Å². The maximum absolute atomic E-state index is 13.8. The summed E-state index contributed by atoms with van der Waals surface area (Å²) in [6.45, 7) is 1.15. The quantitative estimate of drug-likeness (QED) is 0.895. The molecule has 1 aliphatic heterocycles. The van der Waals surface area contributed by atoms with Crippen LogP contribution in [0.2, 0.25) is 0 Å². The van der Waals surface area contributed by atoms with E-state index in [1.165, 1.54) is 6.07 Å². The van der Waals surface area contributed by atoms with Gasteiger partial charge < -0.3 is 14.4 Å². The molecule has 1 saturated heterocycles. The monoisotopic (exact) mass is 345 g/mol. The van der Waals surface area contributed by atoms with E-state index in [9.17, 15) is 14.0 Å². The van der Waals surface area contributed by atoms with Gasteiger partial charge in [0.05, 0.1) is 5.56 Å². The third-order valence-electron chi connectivity index (χ3n) is 4.53. The van der Waals surface area contributed by atoms with Crippen LogP contribution in [-0.4, -0.2) is 35.0 Å². The van der Waals surface area contributed by atoms with Crippen molar-refractivity contribution in [2.45, 2.75) is 25.7 Å². The van der Waals surface area contributed by atoms with E-state index in [1.54, 1.807) is 35.2 Å². The van der Waals surface area contributed by atoms with E-state index in [1.807, 2.05) is 0 Å². The minimum absolute atomic E-state index is 0.116. The SMILES string of the molecule is O=C(O)CCC1CCCN(C(=O)c2ccc(-c3ccccc3F)o2)C1. The number of carbonyl (C=O) groups excluding carboxylic acids is 1. The number of piperidine rings is 1. The summed E-state index contributed by atoms with van der Waals surface area (Å²) in [5, 5.41) is 8.80. The number of hydrogen-bond donors (Lipinski definition) is 1. The van der Waals surface area contributed by atoms with Crippen molar-refractivity contribution in [3.8, 4) is 11.3 Å². The van der Waals surface area contributed by atoms with Crippen molar-refractivity contribution in [1.29, 1.82) is 0 Å². The molecule has 1 aromatic heterocycles. The fourth-order valence-electron chi connectivity index (χ4n) is 3.23. The molecule has 25 heavy (non-hydrogen) atoms. The predicted molar refractivity (Wildman–Crippen MR) is 89.6 cm³/mol. The van der Waals surface area contributed by atoms with Crippen molar-refractivity contribution >= 4 is 11.9 Å². The third-order valence-corrected chi connectivity index (χ3v) is 4.53. The smallest absolute Gasteiger partial charge is 0.303 e. The van der Waals surface area contributed by atoms with E-state index >= 15 is 0 Å². The second kappa shape index (κ2) is 7.51. The Kier molecular flexibility index (Phi) is 5.16. The van der Waals surface area contributed by atoms with Crippen LogP contribution in [0.5, 0.6) is 0 Å². The molecular weight excluding hydrogens is 325 g/mol. The second-order valence-electron chi connectivity index (χ2n) is 6.34. The molecule has 132 valence electrons. The molecule has 2 aromatic rings. The van der Waals surface area contributed by atoms with E-state index in [-0.39, 0.29) is 24.0 Å². The molecule has 0 radical (unpaired) electrons. The maximum atomic E-state index is 13.8. The van der Waals surface area contributed by atoms with Gasteiger partial charge in [-0.05, 0) is 49.4 Å². The summed E-state index contributed by atoms with van der Waals surface area (Å²) in [4.78, 5) is 25.0. The van der Waals surface area contributed by atoms with Crippen LogP contribution < -0.4 is 0 Å². The van der Waals surface area contributed by atoms with Gasteiger partial charge in [-0.2, -0.15) is 0 Å². The number of likely N-dealkylation sites (tertiary alicyclic amines) is 1. The molecule has 1 aromatic carbocycles. The van der Waals surface area contributed by atoms with Gasteiger partial charge >= 0.3 is 5.97 Å². The number of benzene rings is 1. The van der Waals surface area contributed by atoms with Gasteiger partial charge in [0.2, 0.25) is 0 Å². The lowest BCUT2D eigenvalue weighted by Gasteiger charge is -2.32. The minimum atomic E-state index is -0.816. The maximum Gasteiger partial charge on any atom is 0.303 e. The zero-order chi connectivity index (χ0) is 17.8. The van der Waals surface area contributed by atoms with Crippen molar-refractivity contribution in [1.82, 2.24) is 4.90 Å². The average molecular weight is 345 g/mol. The van der Waals surface area contributed by atoms with Crippen LogP contribution in [0.3, 0.4) is 0 Å². The number of amides is 1. The van der Waals surface area contributed by atoms with Gasteiger partial charge in [0, 0.05) is 19.5 Å². The zero-order valence-corrected chi connectivity index (χ0v) is 13.8. The highest BCUT2D eigenvalue weighted by molar-refractivity contribution is 5.92. The summed E-state index contributed by atoms with van der Waals surface area (Å²) in [5.41, 5.74) is 0.319. The molecule has 1 atom stereocenters. The topological polar surface area (TPSA) is 70.8 Å². The van der Waals surface area contributed by atoms with Crippen molar-refractivity contribution in [2.24, 2.45) is 5.92 Å². The van der Waals surface area contributed by atoms with Crippen LogP contribution in [0.25, 0.3) is 11.3 Å². The van der Waals surface area contributed by atoms with Crippen LogP contribution in [0.15, 0.2) is 40.8 Å². The molecule has 0 aliphatic carbocycles. The van der Waals surface area contributed by atoms with Crippen LogP contribution >= 0.6 is 0 Å². The van der Waals surface area contributed by atoms with E-state index in [2.05, 4.69) is 0 Å². The fourth-order valence-corrected chi connectivity index (χ4v) is 3.23. The number of carbonyl (C=O) groups is 2. The van der Waals surface area contributed by atoms with Gasteiger partial charge in [-0.3, -0.25) is 9.59 Å². The summed E-state index contributed by atoms with van der Waals surface area (Å²) < 4.78 is 19.4. The van der Waals surface area contributed by atoms with Gasteiger partial charge in [0.15, 0.2) is 5.76 Å². The molecule has 3 rings (SSSR count). The van der Waals surface area contributed by atoms with Gasteiger partial charge in [-0.25, -0.2) is 4.39 Å². The first-order valence-corrected chi connectivity index (χ1v) is 8.40. The fraction of sp³-hybridized carbons (Fsp3) is 0.368. The van der Waals surface area contributed by atoms with E-state index in [4.69, 9.17) is 9.52 Å². The number of carboxylic acids is 1. The molecule has 2 heterocycles. The molecule has 0 saturated carbocycles. The predicted octanol–water partition coefficient (Wildman–Crippen LogP) is 3.80. The molecule has 1 fully saturated rings. The Bertz CT molecular complexity index is 770. The second-order valence-corrected chi connectivity index (χ2v) is 6.34. The average Bonchev–Trinajstić information content (AvgIpc) is 3.10. The first-order chi connectivity index (χ1) is 12.0. The molecule has 1 amide bonds. The molecule has 1 unspecified atom stereocenters. The number of furan rings is 1. The Morgan fingerprint density at radius 3 is 2.80 bits per heavy atom. The van der Waals surface area contributed by atoms with Crippen LogP contribution in [0.4, 0.5) is 4.39 Å². The minimum Gasteiger partial charge on any atom is -0.481 e. The lowest BCUT2D eigenvalue weighted by molar-refractivity contribution is -0.137. The normalized spacial score (nSPS) is 17.5. The van der Waals surface area contributed by atoms with Crippen molar-refractivity contribution in [3.05, 3.63) is 48.0 Å². The van der Waals surface area contributed by atoms with Gasteiger partial charge in [-0.1, -0.05) is 12.1 Å². The first-order valence-electron chi connectivity index (χ1n) is 8.40. The van der Waals surface area contributed by atoms with E-state index < -0.39 is 11.8 Å². The molecule has 0 spiro atoms. The molecule has 0 bridgehead atoms. The summed E-state index contributed by atoms with van der Waals surface area (Å²) >= 11 is 0. The molecular formula is C19H20FNO4. The Morgan fingerprint density at radius 1 is 1.24 bits per heavy atom. The van der Waals surface area contributed by atoms with Gasteiger partial charge in [-0.15, -0.1) is 0 Å². The lowest BCUT2D eigenvalue weighted by atomic mass is 9.93. The Labute approximate surface area is 145 Å². The number of rotatable bonds is 5. The Morgan fingerprint density at radius 2 is 2.04 bits per heavy atom. The number of nitrogens with zero attached hydrogens (tertiary/aromatic N) is 1. The lowest BCUT2D eigenvalue weighted by Crippen LogP contribution is -2.39. The highest BCUT2D eigenvalue weighted by Gasteiger charge is 2.26. The molecule has 5 nitrogen and oxygen atoms in total. The van der Waals surface area contributed by atoms with Crippen molar-refractivity contribution in [3.63, 3.8) is 0 Å². The van der Waals surface area contributed by atoms with Crippen molar-refractivity contribution < 1.29 is 23.5 Å². The van der Waals surface area contributed by atoms with Crippen LogP contribution in [-0.2, 0) is 4.79 Å². The number of aliphatic carboxylic acids is 1. The first kappa shape index (κ1) is 17.2.